The number of ether oxygens (including phenoxy) is 1. The quantitative estimate of drug-likeness (QED) is 0.440. The Balaban J connectivity index is 1.71. The third kappa shape index (κ3) is 5.79. The third-order valence-electron chi connectivity index (χ3n) is 7.51. The van der Waals surface area contributed by atoms with Gasteiger partial charge in [0, 0.05) is 17.8 Å². The summed E-state index contributed by atoms with van der Waals surface area (Å²) in [6, 6.07) is 12.3. The van der Waals surface area contributed by atoms with Crippen LogP contribution in [0, 0.1) is 0 Å². The molecule has 0 radical (unpaired) electrons. The van der Waals surface area contributed by atoms with Crippen LogP contribution in [-0.2, 0) is 15.6 Å². The highest BCUT2D eigenvalue weighted by atomic mass is 16.5. The molecule has 2 N–H and O–H groups in total. The maximum atomic E-state index is 13.7. The van der Waals surface area contributed by atoms with Crippen LogP contribution >= 0.6 is 0 Å². The van der Waals surface area contributed by atoms with Gasteiger partial charge in [0.15, 0.2) is 0 Å². The first-order valence-electron chi connectivity index (χ1n) is 12.7. The number of fused-ring (bicyclic) bond motifs is 1. The molecule has 2 aliphatic rings. The van der Waals surface area contributed by atoms with Crippen molar-refractivity contribution in [1.29, 1.82) is 0 Å². The Hall–Kier alpha value is -3.80. The number of carbonyl (C=O) groups is 2. The molecule has 0 saturated carbocycles. The number of aromatic carboxylic acids is 1. The van der Waals surface area contributed by atoms with E-state index in [1.54, 1.807) is 24.1 Å². The lowest BCUT2D eigenvalue weighted by atomic mass is 9.63. The second kappa shape index (κ2) is 10.3. The standard InChI is InChI=1S/C31H36N2O4/c1-30(2)17-18-31(3,4)27-19-24(14-16-26(27)30)33(20-21-7-6-8-25(37-5)15-9-21)29(36)32-23-12-10-22(11-13-23)28(34)35/h6-7,9-16,19H,8,17-18,20H2,1-5H3,(H,32,36)(H,34,35). The number of amides is 2. The van der Waals surface area contributed by atoms with Gasteiger partial charge in [-0.25, -0.2) is 9.59 Å². The third-order valence-corrected chi connectivity index (χ3v) is 7.51. The first kappa shape index (κ1) is 26.3. The lowest BCUT2D eigenvalue weighted by molar-refractivity contribution is 0.0697. The molecular formula is C31H36N2O4. The summed E-state index contributed by atoms with van der Waals surface area (Å²) in [6.45, 7) is 9.48. The average Bonchev–Trinajstić information content (AvgIpc) is 3.10. The van der Waals surface area contributed by atoms with E-state index in [2.05, 4.69) is 45.1 Å². The number of hydrogen-bond donors (Lipinski definition) is 2. The minimum Gasteiger partial charge on any atom is -0.501 e. The number of nitrogens with one attached hydrogen (secondary N) is 1. The fraction of sp³-hybridized carbons (Fsp3) is 0.355. The Labute approximate surface area is 219 Å². The Morgan fingerprint density at radius 2 is 1.65 bits per heavy atom. The zero-order valence-electron chi connectivity index (χ0n) is 22.3. The van der Waals surface area contributed by atoms with Gasteiger partial charge in [-0.1, -0.05) is 52.0 Å². The van der Waals surface area contributed by atoms with Gasteiger partial charge in [0.05, 0.1) is 25.0 Å². The maximum Gasteiger partial charge on any atom is 0.335 e. The molecule has 2 amide bonds. The largest absolute Gasteiger partial charge is 0.501 e. The molecule has 0 fully saturated rings. The fourth-order valence-electron chi connectivity index (χ4n) is 5.00. The number of nitrogens with zero attached hydrogens (tertiary/aromatic N) is 1. The van der Waals surface area contributed by atoms with Crippen molar-refractivity contribution >= 4 is 23.4 Å². The minimum absolute atomic E-state index is 0.00721. The number of carboxylic acid groups (broad SMARTS) is 1. The summed E-state index contributed by atoms with van der Waals surface area (Å²) in [5, 5.41) is 12.1. The number of carbonyl (C=O) groups excluding carboxylic acids is 1. The van der Waals surface area contributed by atoms with Crippen LogP contribution in [0.4, 0.5) is 16.2 Å². The molecule has 37 heavy (non-hydrogen) atoms. The monoisotopic (exact) mass is 500 g/mol. The molecule has 0 aliphatic heterocycles. The van der Waals surface area contributed by atoms with Crippen molar-refractivity contribution in [3.05, 3.63) is 94.8 Å². The van der Waals surface area contributed by atoms with E-state index in [1.165, 1.54) is 23.3 Å². The number of rotatable bonds is 6. The number of carboxylic acids is 1. The summed E-state index contributed by atoms with van der Waals surface area (Å²) in [4.78, 5) is 26.6. The van der Waals surface area contributed by atoms with Gasteiger partial charge in [0.25, 0.3) is 0 Å². The highest BCUT2D eigenvalue weighted by molar-refractivity contribution is 6.02. The van der Waals surface area contributed by atoms with Crippen LogP contribution in [0.25, 0.3) is 0 Å². The van der Waals surface area contributed by atoms with E-state index in [4.69, 9.17) is 4.74 Å². The molecule has 0 saturated heterocycles. The van der Waals surface area contributed by atoms with Crippen molar-refractivity contribution in [3.63, 3.8) is 0 Å². The summed E-state index contributed by atoms with van der Waals surface area (Å²) in [5.41, 5.74) is 5.19. The van der Waals surface area contributed by atoms with Crippen LogP contribution in [0.15, 0.2) is 78.1 Å². The molecule has 2 aliphatic carbocycles. The van der Waals surface area contributed by atoms with Crippen LogP contribution < -0.4 is 10.2 Å². The summed E-state index contributed by atoms with van der Waals surface area (Å²) in [5.74, 6) is -0.145. The molecule has 194 valence electrons. The number of urea groups is 1. The molecule has 0 heterocycles. The Morgan fingerprint density at radius 1 is 0.973 bits per heavy atom. The molecule has 6 heteroatoms. The molecule has 0 bridgehead atoms. The number of benzene rings is 2. The molecule has 0 aromatic heterocycles. The predicted octanol–water partition coefficient (Wildman–Crippen LogP) is 7.19. The summed E-state index contributed by atoms with van der Waals surface area (Å²) >= 11 is 0. The summed E-state index contributed by atoms with van der Waals surface area (Å²) in [6.07, 6.45) is 10.9. The summed E-state index contributed by atoms with van der Waals surface area (Å²) < 4.78 is 5.40. The normalized spacial score (nSPS) is 17.5. The van der Waals surface area contributed by atoms with Crippen molar-refractivity contribution < 1.29 is 19.4 Å². The number of hydrogen-bond acceptors (Lipinski definition) is 3. The zero-order chi connectivity index (χ0) is 26.8. The first-order valence-corrected chi connectivity index (χ1v) is 12.7. The van der Waals surface area contributed by atoms with E-state index in [9.17, 15) is 14.7 Å². The number of allylic oxidation sites excluding steroid dienone is 3. The number of methoxy groups -OCH3 is 1. The van der Waals surface area contributed by atoms with Crippen LogP contribution in [0.1, 0.15) is 68.4 Å². The van der Waals surface area contributed by atoms with Crippen LogP contribution in [0.5, 0.6) is 0 Å². The van der Waals surface area contributed by atoms with Crippen molar-refractivity contribution in [3.8, 4) is 0 Å². The van der Waals surface area contributed by atoms with E-state index in [1.807, 2.05) is 30.4 Å². The highest BCUT2D eigenvalue weighted by Gasteiger charge is 2.37. The predicted molar refractivity (Wildman–Crippen MR) is 148 cm³/mol. The molecule has 0 unspecified atom stereocenters. The van der Waals surface area contributed by atoms with Gasteiger partial charge in [-0.2, -0.15) is 0 Å². The lowest BCUT2D eigenvalue weighted by Gasteiger charge is -2.42. The second-order valence-corrected chi connectivity index (χ2v) is 11.1. The van der Waals surface area contributed by atoms with Gasteiger partial charge in [0.2, 0.25) is 0 Å². The van der Waals surface area contributed by atoms with Crippen molar-refractivity contribution in [1.82, 2.24) is 0 Å². The molecule has 2 aromatic carbocycles. The zero-order valence-corrected chi connectivity index (χ0v) is 22.3. The summed E-state index contributed by atoms with van der Waals surface area (Å²) in [7, 11) is 1.66. The van der Waals surface area contributed by atoms with Crippen molar-refractivity contribution in [2.45, 2.75) is 57.8 Å². The molecule has 0 atom stereocenters. The van der Waals surface area contributed by atoms with Crippen molar-refractivity contribution in [2.24, 2.45) is 0 Å². The molecule has 0 spiro atoms. The molecule has 4 rings (SSSR count). The van der Waals surface area contributed by atoms with Gasteiger partial charge in [-0.15, -0.1) is 0 Å². The Morgan fingerprint density at radius 3 is 2.30 bits per heavy atom. The van der Waals surface area contributed by atoms with E-state index in [0.717, 1.165) is 29.9 Å². The van der Waals surface area contributed by atoms with Crippen molar-refractivity contribution in [2.75, 3.05) is 23.9 Å². The number of anilines is 2. The van der Waals surface area contributed by atoms with Gasteiger partial charge in [0.1, 0.15) is 0 Å². The Kier molecular flexibility index (Phi) is 7.30. The SMILES string of the molecule is COC1=CC=C(CN(C(=O)Nc2ccc(C(=O)O)cc2)c2ccc3c(c2)C(C)(C)CCC3(C)C)C=CC1. The Bertz CT molecular complexity index is 1280. The van der Waals surface area contributed by atoms with Gasteiger partial charge in [-0.05, 0) is 82.8 Å². The smallest absolute Gasteiger partial charge is 0.335 e. The average molecular weight is 501 g/mol. The maximum absolute atomic E-state index is 13.7. The topological polar surface area (TPSA) is 78.9 Å². The lowest BCUT2D eigenvalue weighted by Crippen LogP contribution is -2.38. The van der Waals surface area contributed by atoms with Gasteiger partial charge < -0.3 is 15.2 Å². The first-order chi connectivity index (χ1) is 17.5. The van der Waals surface area contributed by atoms with Crippen LogP contribution in [-0.4, -0.2) is 30.8 Å². The van der Waals surface area contributed by atoms with E-state index in [-0.39, 0.29) is 22.4 Å². The van der Waals surface area contributed by atoms with Crippen LogP contribution in [0.2, 0.25) is 0 Å². The fourth-order valence-corrected chi connectivity index (χ4v) is 5.00. The highest BCUT2D eigenvalue weighted by Crippen LogP contribution is 2.46. The van der Waals surface area contributed by atoms with Crippen LogP contribution in [0.3, 0.4) is 0 Å². The molecular weight excluding hydrogens is 464 g/mol. The molecule has 2 aromatic rings. The minimum atomic E-state index is -1.00. The second-order valence-electron chi connectivity index (χ2n) is 11.1. The van der Waals surface area contributed by atoms with E-state index < -0.39 is 5.97 Å². The molecule has 6 nitrogen and oxygen atoms in total. The van der Waals surface area contributed by atoms with E-state index in [0.29, 0.717) is 18.7 Å². The van der Waals surface area contributed by atoms with Gasteiger partial charge >= 0.3 is 12.0 Å². The van der Waals surface area contributed by atoms with E-state index >= 15 is 0 Å². The van der Waals surface area contributed by atoms with Gasteiger partial charge in [-0.3, -0.25) is 4.90 Å².